The van der Waals surface area contributed by atoms with Gasteiger partial charge in [0.25, 0.3) is 0 Å². The number of carbonyl (C=O) groups excluding carboxylic acids is 1. The second-order valence-corrected chi connectivity index (χ2v) is 6.51. The first-order valence-corrected chi connectivity index (χ1v) is 8.44. The highest BCUT2D eigenvalue weighted by molar-refractivity contribution is 5.78. The van der Waals surface area contributed by atoms with Crippen LogP contribution in [0.15, 0.2) is 24.3 Å². The lowest BCUT2D eigenvalue weighted by Gasteiger charge is -2.34. The summed E-state index contributed by atoms with van der Waals surface area (Å²) >= 11 is 0. The summed E-state index contributed by atoms with van der Waals surface area (Å²) in [6, 6.07) is 6.02. The van der Waals surface area contributed by atoms with Crippen LogP contribution in [-0.2, 0) is 20.7 Å². The fraction of sp³-hybridized carbons (Fsp3) is 0.611. The van der Waals surface area contributed by atoms with Gasteiger partial charge in [0, 0.05) is 13.2 Å². The van der Waals surface area contributed by atoms with Crippen molar-refractivity contribution in [3.05, 3.63) is 35.6 Å². The van der Waals surface area contributed by atoms with E-state index in [2.05, 4.69) is 5.32 Å². The number of hydrogen-bond acceptors (Lipinski definition) is 3. The van der Waals surface area contributed by atoms with Crippen LogP contribution in [0, 0.1) is 11.7 Å². The Balaban J connectivity index is 1.50. The summed E-state index contributed by atoms with van der Waals surface area (Å²) in [6.07, 6.45) is 4.79. The van der Waals surface area contributed by atoms with E-state index in [1.165, 1.54) is 31.4 Å². The van der Waals surface area contributed by atoms with E-state index < -0.39 is 0 Å². The normalized spacial score (nSPS) is 24.9. The molecule has 0 unspecified atom stereocenters. The molecule has 1 saturated carbocycles. The van der Waals surface area contributed by atoms with Crippen molar-refractivity contribution in [2.45, 2.75) is 44.2 Å². The zero-order valence-corrected chi connectivity index (χ0v) is 13.3. The van der Waals surface area contributed by atoms with E-state index in [0.717, 1.165) is 13.0 Å². The first-order chi connectivity index (χ1) is 11.2. The number of halogens is 1. The molecule has 23 heavy (non-hydrogen) atoms. The molecule has 1 amide bonds. The molecular weight excluding hydrogens is 297 g/mol. The van der Waals surface area contributed by atoms with Gasteiger partial charge in [0.05, 0.1) is 25.2 Å². The molecule has 1 aromatic carbocycles. The van der Waals surface area contributed by atoms with Crippen molar-refractivity contribution in [2.24, 2.45) is 5.92 Å². The highest BCUT2D eigenvalue weighted by Gasteiger charge is 2.29. The molecule has 1 saturated heterocycles. The van der Waals surface area contributed by atoms with Crippen molar-refractivity contribution in [1.29, 1.82) is 0 Å². The Morgan fingerprint density at radius 1 is 1.35 bits per heavy atom. The smallest absolute Gasteiger partial charge is 0.224 e. The molecule has 0 radical (unpaired) electrons. The molecule has 0 bridgehead atoms. The topological polar surface area (TPSA) is 47.6 Å². The molecule has 5 heteroatoms. The molecule has 0 aromatic heterocycles. The lowest BCUT2D eigenvalue weighted by molar-refractivity contribution is -0.126. The minimum atomic E-state index is -0.321. The molecule has 3 rings (SSSR count). The zero-order valence-electron chi connectivity index (χ0n) is 13.3. The van der Waals surface area contributed by atoms with Gasteiger partial charge in [-0.05, 0) is 42.9 Å². The van der Waals surface area contributed by atoms with Crippen molar-refractivity contribution >= 4 is 5.91 Å². The Morgan fingerprint density at radius 2 is 2.22 bits per heavy atom. The Bertz CT molecular complexity index is 533. The molecular formula is C18H24FNO3. The first-order valence-electron chi connectivity index (χ1n) is 8.44. The quantitative estimate of drug-likeness (QED) is 0.875. The maximum absolute atomic E-state index is 13.2. The van der Waals surface area contributed by atoms with Gasteiger partial charge >= 0.3 is 0 Å². The number of nitrogens with one attached hydrogen (secondary N) is 1. The SMILES string of the molecule is O=C(Cc1cccc(F)c1)N[C@@H]1COCC[C@@H]1OCC1CCC1. The maximum atomic E-state index is 13.2. The first kappa shape index (κ1) is 16.4. The largest absolute Gasteiger partial charge is 0.379 e. The molecule has 1 aliphatic heterocycles. The second-order valence-electron chi connectivity index (χ2n) is 6.51. The molecule has 126 valence electrons. The highest BCUT2D eigenvalue weighted by Crippen LogP contribution is 2.27. The number of benzene rings is 1. The standard InChI is InChI=1S/C18H24FNO3/c19-15-6-2-5-14(9-15)10-18(21)20-16-12-22-8-7-17(16)23-11-13-3-1-4-13/h2,5-6,9,13,16-17H,1,3-4,7-8,10-12H2,(H,20,21)/t16-,17+/m1/s1. The van der Waals surface area contributed by atoms with E-state index in [1.807, 2.05) is 0 Å². The third-order valence-corrected chi connectivity index (χ3v) is 4.66. The molecule has 1 aliphatic carbocycles. The van der Waals surface area contributed by atoms with Crippen LogP contribution >= 0.6 is 0 Å². The van der Waals surface area contributed by atoms with Gasteiger partial charge in [-0.1, -0.05) is 18.6 Å². The number of rotatable bonds is 6. The van der Waals surface area contributed by atoms with Gasteiger partial charge in [0.2, 0.25) is 5.91 Å². The fourth-order valence-corrected chi connectivity index (χ4v) is 3.06. The summed E-state index contributed by atoms with van der Waals surface area (Å²) in [6.45, 7) is 1.93. The van der Waals surface area contributed by atoms with E-state index in [9.17, 15) is 9.18 Å². The van der Waals surface area contributed by atoms with Crippen LogP contribution in [0.2, 0.25) is 0 Å². The molecule has 2 fully saturated rings. The van der Waals surface area contributed by atoms with Gasteiger partial charge in [-0.15, -0.1) is 0 Å². The zero-order chi connectivity index (χ0) is 16.1. The average molecular weight is 321 g/mol. The lowest BCUT2D eigenvalue weighted by Crippen LogP contribution is -2.51. The van der Waals surface area contributed by atoms with Crippen molar-refractivity contribution < 1.29 is 18.7 Å². The van der Waals surface area contributed by atoms with Gasteiger partial charge in [-0.3, -0.25) is 4.79 Å². The Hall–Kier alpha value is -1.46. The van der Waals surface area contributed by atoms with E-state index in [-0.39, 0.29) is 30.3 Å². The predicted molar refractivity (Wildman–Crippen MR) is 84.6 cm³/mol. The van der Waals surface area contributed by atoms with Gasteiger partial charge in [0.15, 0.2) is 0 Å². The Labute approximate surface area is 136 Å². The second kappa shape index (κ2) is 7.88. The van der Waals surface area contributed by atoms with Gasteiger partial charge in [-0.25, -0.2) is 4.39 Å². The molecule has 1 aromatic rings. The monoisotopic (exact) mass is 321 g/mol. The van der Waals surface area contributed by atoms with Crippen molar-refractivity contribution in [3.63, 3.8) is 0 Å². The molecule has 2 atom stereocenters. The van der Waals surface area contributed by atoms with Crippen LogP contribution in [0.3, 0.4) is 0 Å². The summed E-state index contributed by atoms with van der Waals surface area (Å²) in [5, 5.41) is 2.99. The van der Waals surface area contributed by atoms with Gasteiger partial charge in [0.1, 0.15) is 5.82 Å². The van der Waals surface area contributed by atoms with Gasteiger partial charge in [-0.2, -0.15) is 0 Å². The van der Waals surface area contributed by atoms with E-state index in [4.69, 9.17) is 9.47 Å². The summed E-state index contributed by atoms with van der Waals surface area (Å²) in [7, 11) is 0. The van der Waals surface area contributed by atoms with Crippen LogP contribution < -0.4 is 5.32 Å². The Kier molecular flexibility index (Phi) is 5.62. The predicted octanol–water partition coefficient (Wildman–Crippen LogP) is 2.46. The van der Waals surface area contributed by atoms with E-state index in [1.54, 1.807) is 12.1 Å². The van der Waals surface area contributed by atoms with Crippen molar-refractivity contribution in [2.75, 3.05) is 19.8 Å². The summed E-state index contributed by atoms with van der Waals surface area (Å²) in [4.78, 5) is 12.2. The van der Waals surface area contributed by atoms with Crippen LogP contribution in [0.4, 0.5) is 4.39 Å². The molecule has 2 aliphatic rings. The minimum absolute atomic E-state index is 0.0146. The maximum Gasteiger partial charge on any atom is 0.224 e. The van der Waals surface area contributed by atoms with Crippen LogP contribution in [0.5, 0.6) is 0 Å². The third kappa shape index (κ3) is 4.75. The van der Waals surface area contributed by atoms with Crippen LogP contribution in [0.1, 0.15) is 31.2 Å². The fourth-order valence-electron chi connectivity index (χ4n) is 3.06. The molecule has 1 heterocycles. The van der Waals surface area contributed by atoms with Gasteiger partial charge < -0.3 is 14.8 Å². The highest BCUT2D eigenvalue weighted by atomic mass is 19.1. The molecule has 1 N–H and O–H groups in total. The van der Waals surface area contributed by atoms with Crippen LogP contribution in [0.25, 0.3) is 0 Å². The lowest BCUT2D eigenvalue weighted by atomic mass is 9.86. The van der Waals surface area contributed by atoms with E-state index in [0.29, 0.717) is 24.7 Å². The number of carbonyl (C=O) groups is 1. The number of hydrogen-bond donors (Lipinski definition) is 1. The van der Waals surface area contributed by atoms with E-state index >= 15 is 0 Å². The summed E-state index contributed by atoms with van der Waals surface area (Å²) in [5.41, 5.74) is 0.672. The minimum Gasteiger partial charge on any atom is -0.379 e. The Morgan fingerprint density at radius 3 is 2.96 bits per heavy atom. The average Bonchev–Trinajstić information content (AvgIpc) is 2.47. The van der Waals surface area contributed by atoms with Crippen molar-refractivity contribution in [3.8, 4) is 0 Å². The summed E-state index contributed by atoms with van der Waals surface area (Å²) in [5.74, 6) is 0.239. The molecule has 0 spiro atoms. The number of ether oxygens (including phenoxy) is 2. The van der Waals surface area contributed by atoms with Crippen LogP contribution in [-0.4, -0.2) is 37.9 Å². The number of amides is 1. The summed E-state index contributed by atoms with van der Waals surface area (Å²) < 4.78 is 24.7. The van der Waals surface area contributed by atoms with Crippen molar-refractivity contribution in [1.82, 2.24) is 5.32 Å². The third-order valence-electron chi connectivity index (χ3n) is 4.66. The molecule has 4 nitrogen and oxygen atoms in total.